The van der Waals surface area contributed by atoms with E-state index in [4.69, 9.17) is 4.74 Å². The van der Waals surface area contributed by atoms with Gasteiger partial charge in [-0.25, -0.2) is 12.8 Å². The number of hydrogen-bond donors (Lipinski definition) is 2. The molecule has 1 fully saturated rings. The zero-order valence-electron chi connectivity index (χ0n) is 18.7. The van der Waals surface area contributed by atoms with E-state index >= 15 is 0 Å². The number of hydrogen-bond acceptors (Lipinski definition) is 5. The molecule has 1 aliphatic heterocycles. The SMILES string of the molecule is CC1CN(C(=O)c2ccc(CNC(=O)[C@H](C)NS(=O)(=O)c3ccccc3F)cc2)CC(C)O1. The molecule has 0 saturated carbocycles. The van der Waals surface area contributed by atoms with Crippen LogP contribution in [0.5, 0.6) is 0 Å². The third-order valence-electron chi connectivity index (χ3n) is 5.23. The van der Waals surface area contributed by atoms with Crippen LogP contribution in [0.25, 0.3) is 0 Å². The average Bonchev–Trinajstić information content (AvgIpc) is 2.76. The van der Waals surface area contributed by atoms with E-state index in [-0.39, 0.29) is 24.7 Å². The Hall–Kier alpha value is -2.82. The summed E-state index contributed by atoms with van der Waals surface area (Å²) in [6.45, 7) is 6.44. The Bertz CT molecular complexity index is 1100. The fourth-order valence-corrected chi connectivity index (χ4v) is 4.93. The summed E-state index contributed by atoms with van der Waals surface area (Å²) in [6, 6.07) is 10.7. The zero-order chi connectivity index (χ0) is 24.2. The maximum atomic E-state index is 13.8. The lowest BCUT2D eigenvalue weighted by molar-refractivity contribution is -0.122. The number of sulfonamides is 1. The lowest BCUT2D eigenvalue weighted by Gasteiger charge is -2.35. The summed E-state index contributed by atoms with van der Waals surface area (Å²) in [7, 11) is -4.19. The van der Waals surface area contributed by atoms with Gasteiger partial charge in [-0.05, 0) is 50.6 Å². The van der Waals surface area contributed by atoms with Crippen molar-refractivity contribution >= 4 is 21.8 Å². The summed E-state index contributed by atoms with van der Waals surface area (Å²) >= 11 is 0. The van der Waals surface area contributed by atoms with E-state index in [0.29, 0.717) is 18.7 Å². The minimum Gasteiger partial charge on any atom is -0.372 e. The van der Waals surface area contributed by atoms with Gasteiger partial charge in [-0.2, -0.15) is 4.72 Å². The van der Waals surface area contributed by atoms with Gasteiger partial charge in [-0.15, -0.1) is 0 Å². The first-order chi connectivity index (χ1) is 15.6. The Kier molecular flexibility index (Phi) is 7.83. The molecule has 2 aromatic carbocycles. The van der Waals surface area contributed by atoms with Gasteiger partial charge in [0.15, 0.2) is 0 Å². The average molecular weight is 478 g/mol. The molecule has 0 aliphatic carbocycles. The van der Waals surface area contributed by atoms with Crippen LogP contribution >= 0.6 is 0 Å². The Morgan fingerprint density at radius 3 is 2.30 bits per heavy atom. The van der Waals surface area contributed by atoms with E-state index in [1.807, 2.05) is 13.8 Å². The molecule has 2 amide bonds. The van der Waals surface area contributed by atoms with E-state index in [9.17, 15) is 22.4 Å². The summed E-state index contributed by atoms with van der Waals surface area (Å²) in [5.74, 6) is -1.54. The van der Waals surface area contributed by atoms with Gasteiger partial charge in [0.25, 0.3) is 5.91 Å². The molecule has 8 nitrogen and oxygen atoms in total. The van der Waals surface area contributed by atoms with Gasteiger partial charge in [0, 0.05) is 25.2 Å². The molecule has 2 aromatic rings. The van der Waals surface area contributed by atoms with Crippen LogP contribution in [-0.2, 0) is 26.1 Å². The zero-order valence-corrected chi connectivity index (χ0v) is 19.6. The van der Waals surface area contributed by atoms with Crippen molar-refractivity contribution in [3.05, 3.63) is 65.5 Å². The van der Waals surface area contributed by atoms with E-state index < -0.39 is 32.7 Å². The maximum Gasteiger partial charge on any atom is 0.254 e. The molecule has 10 heteroatoms. The fourth-order valence-electron chi connectivity index (χ4n) is 3.65. The number of nitrogens with one attached hydrogen (secondary N) is 2. The lowest BCUT2D eigenvalue weighted by Crippen LogP contribution is -2.48. The van der Waals surface area contributed by atoms with Gasteiger partial charge >= 0.3 is 0 Å². The number of rotatable bonds is 7. The summed E-state index contributed by atoms with van der Waals surface area (Å²) < 4.78 is 46.3. The highest BCUT2D eigenvalue weighted by Gasteiger charge is 2.27. The van der Waals surface area contributed by atoms with Crippen LogP contribution in [-0.4, -0.2) is 56.5 Å². The number of benzene rings is 2. The first-order valence-electron chi connectivity index (χ1n) is 10.6. The van der Waals surface area contributed by atoms with Crippen molar-refractivity contribution in [1.29, 1.82) is 0 Å². The number of carbonyl (C=O) groups excluding carboxylic acids is 2. The van der Waals surface area contributed by atoms with Crippen LogP contribution in [0.3, 0.4) is 0 Å². The maximum absolute atomic E-state index is 13.8. The topological polar surface area (TPSA) is 105 Å². The van der Waals surface area contributed by atoms with Gasteiger partial charge in [0.1, 0.15) is 10.7 Å². The van der Waals surface area contributed by atoms with Crippen molar-refractivity contribution in [2.75, 3.05) is 13.1 Å². The van der Waals surface area contributed by atoms with Crippen molar-refractivity contribution in [3.8, 4) is 0 Å². The van der Waals surface area contributed by atoms with Crippen molar-refractivity contribution in [1.82, 2.24) is 14.9 Å². The smallest absolute Gasteiger partial charge is 0.254 e. The molecule has 0 spiro atoms. The van der Waals surface area contributed by atoms with E-state index in [0.717, 1.165) is 17.7 Å². The van der Waals surface area contributed by atoms with Crippen LogP contribution in [0.15, 0.2) is 53.4 Å². The van der Waals surface area contributed by atoms with Crippen LogP contribution in [0.2, 0.25) is 0 Å². The number of ether oxygens (including phenoxy) is 1. The Labute approximate surface area is 193 Å². The number of nitrogens with zero attached hydrogens (tertiary/aromatic N) is 1. The molecule has 0 aromatic heterocycles. The molecule has 3 rings (SSSR count). The summed E-state index contributed by atoms with van der Waals surface area (Å²) in [5.41, 5.74) is 1.28. The Morgan fingerprint density at radius 2 is 1.70 bits per heavy atom. The van der Waals surface area contributed by atoms with Crippen LogP contribution in [0.1, 0.15) is 36.7 Å². The molecule has 1 saturated heterocycles. The number of amides is 2. The Balaban J connectivity index is 1.55. The van der Waals surface area contributed by atoms with Gasteiger partial charge in [-0.3, -0.25) is 9.59 Å². The molecular formula is C23H28FN3O5S. The first kappa shape index (κ1) is 24.8. The highest BCUT2D eigenvalue weighted by molar-refractivity contribution is 7.89. The molecule has 0 radical (unpaired) electrons. The van der Waals surface area contributed by atoms with E-state index in [1.54, 1.807) is 29.2 Å². The molecule has 2 unspecified atom stereocenters. The normalized spacial score (nSPS) is 19.7. The summed E-state index contributed by atoms with van der Waals surface area (Å²) in [4.78, 5) is 26.3. The van der Waals surface area contributed by atoms with Gasteiger partial charge in [0.2, 0.25) is 15.9 Å². The highest BCUT2D eigenvalue weighted by atomic mass is 32.2. The number of carbonyl (C=O) groups is 2. The fraction of sp³-hybridized carbons (Fsp3) is 0.391. The third kappa shape index (κ3) is 6.37. The molecular weight excluding hydrogens is 449 g/mol. The minimum atomic E-state index is -4.19. The van der Waals surface area contributed by atoms with Crippen LogP contribution in [0, 0.1) is 5.82 Å². The molecule has 0 bridgehead atoms. The van der Waals surface area contributed by atoms with Crippen molar-refractivity contribution < 1.29 is 27.1 Å². The monoisotopic (exact) mass is 477 g/mol. The third-order valence-corrected chi connectivity index (χ3v) is 6.80. The standard InChI is InChI=1S/C23H28FN3O5S/c1-15-13-27(14-16(2)32-15)23(29)19-10-8-18(9-11-19)12-25-22(28)17(3)26-33(30,31)21-7-5-4-6-20(21)24/h4-11,15-17,26H,12-14H2,1-3H3,(H,25,28)/t15?,16?,17-/m0/s1. The summed E-state index contributed by atoms with van der Waals surface area (Å²) in [5, 5.41) is 2.64. The van der Waals surface area contributed by atoms with Crippen molar-refractivity contribution in [3.63, 3.8) is 0 Å². The first-order valence-corrected chi connectivity index (χ1v) is 12.1. The van der Waals surface area contributed by atoms with Gasteiger partial charge in [-0.1, -0.05) is 24.3 Å². The molecule has 1 heterocycles. The predicted molar refractivity (Wildman–Crippen MR) is 120 cm³/mol. The molecule has 1 aliphatic rings. The molecule has 33 heavy (non-hydrogen) atoms. The van der Waals surface area contributed by atoms with Crippen LogP contribution in [0.4, 0.5) is 4.39 Å². The van der Waals surface area contributed by atoms with E-state index in [1.165, 1.54) is 19.1 Å². The van der Waals surface area contributed by atoms with Gasteiger partial charge in [0.05, 0.1) is 18.2 Å². The van der Waals surface area contributed by atoms with Gasteiger partial charge < -0.3 is 15.0 Å². The Morgan fingerprint density at radius 1 is 1.09 bits per heavy atom. The second-order valence-corrected chi connectivity index (χ2v) is 9.84. The molecule has 3 atom stereocenters. The molecule has 178 valence electrons. The van der Waals surface area contributed by atoms with Crippen LogP contribution < -0.4 is 10.0 Å². The second kappa shape index (κ2) is 10.4. The van der Waals surface area contributed by atoms with Crippen molar-refractivity contribution in [2.45, 2.75) is 50.5 Å². The second-order valence-electron chi connectivity index (χ2n) is 8.16. The predicted octanol–water partition coefficient (Wildman–Crippen LogP) is 2.06. The van der Waals surface area contributed by atoms with E-state index in [2.05, 4.69) is 10.0 Å². The lowest BCUT2D eigenvalue weighted by atomic mass is 10.1. The highest BCUT2D eigenvalue weighted by Crippen LogP contribution is 2.16. The largest absolute Gasteiger partial charge is 0.372 e. The van der Waals surface area contributed by atoms with Crippen molar-refractivity contribution in [2.24, 2.45) is 0 Å². The quantitative estimate of drug-likeness (QED) is 0.635. The summed E-state index contributed by atoms with van der Waals surface area (Å²) in [6.07, 6.45) is -0.0463. The molecule has 2 N–H and O–H groups in total. The minimum absolute atomic E-state index is 0.0232. The number of halogens is 1. The number of morpholine rings is 1.